The summed E-state index contributed by atoms with van der Waals surface area (Å²) < 4.78 is 21.5. The van der Waals surface area contributed by atoms with E-state index in [1.807, 2.05) is 36.4 Å². The molecule has 1 aliphatic rings. The summed E-state index contributed by atoms with van der Waals surface area (Å²) in [6.45, 7) is 3.03. The summed E-state index contributed by atoms with van der Waals surface area (Å²) in [6.07, 6.45) is 0.901. The normalized spacial score (nSPS) is 13.7. The summed E-state index contributed by atoms with van der Waals surface area (Å²) in [7, 11) is 4.73. The number of rotatable bonds is 8. The van der Waals surface area contributed by atoms with Crippen molar-refractivity contribution in [2.75, 3.05) is 57.8 Å². The van der Waals surface area contributed by atoms with Gasteiger partial charge < -0.3 is 29.2 Å². The van der Waals surface area contributed by atoms with Crippen molar-refractivity contribution < 1.29 is 23.7 Å². The molecule has 156 valence electrons. The summed E-state index contributed by atoms with van der Waals surface area (Å²) in [4.78, 5) is 14.8. The Hall–Kier alpha value is -2.93. The van der Waals surface area contributed by atoms with Crippen molar-refractivity contribution in [3.8, 4) is 17.2 Å². The van der Waals surface area contributed by atoms with Crippen molar-refractivity contribution in [1.29, 1.82) is 0 Å². The number of anilines is 2. The van der Waals surface area contributed by atoms with Crippen molar-refractivity contribution in [3.63, 3.8) is 0 Å². The van der Waals surface area contributed by atoms with Gasteiger partial charge in [-0.05, 0) is 36.2 Å². The van der Waals surface area contributed by atoms with Gasteiger partial charge in [0.05, 0.1) is 45.9 Å². The minimum atomic E-state index is -0.0422. The van der Waals surface area contributed by atoms with E-state index in [0.717, 1.165) is 30.0 Å². The second-order valence-electron chi connectivity index (χ2n) is 6.70. The highest BCUT2D eigenvalue weighted by Gasteiger charge is 2.17. The van der Waals surface area contributed by atoms with Gasteiger partial charge in [0.1, 0.15) is 0 Å². The highest BCUT2D eigenvalue weighted by atomic mass is 16.5. The lowest BCUT2D eigenvalue weighted by molar-refractivity contribution is -0.116. The van der Waals surface area contributed by atoms with Crippen LogP contribution in [0.15, 0.2) is 36.4 Å². The third kappa shape index (κ3) is 5.12. The van der Waals surface area contributed by atoms with Gasteiger partial charge in [-0.15, -0.1) is 0 Å². The van der Waals surface area contributed by atoms with E-state index in [1.54, 1.807) is 21.3 Å². The fourth-order valence-electron chi connectivity index (χ4n) is 3.41. The van der Waals surface area contributed by atoms with E-state index in [0.29, 0.717) is 43.3 Å². The van der Waals surface area contributed by atoms with Gasteiger partial charge >= 0.3 is 0 Å². The molecule has 7 heteroatoms. The predicted molar refractivity (Wildman–Crippen MR) is 113 cm³/mol. The van der Waals surface area contributed by atoms with Gasteiger partial charge in [0.15, 0.2) is 11.5 Å². The number of hydrogen-bond donors (Lipinski definition) is 1. The second kappa shape index (κ2) is 10.0. The number of morpholine rings is 1. The van der Waals surface area contributed by atoms with E-state index in [9.17, 15) is 4.79 Å². The molecule has 2 aromatic rings. The third-order valence-corrected chi connectivity index (χ3v) is 4.90. The lowest BCUT2D eigenvalue weighted by Gasteiger charge is -2.30. The molecule has 0 spiro atoms. The number of ether oxygens (including phenoxy) is 4. The maximum atomic E-state index is 12.6. The van der Waals surface area contributed by atoms with Gasteiger partial charge in [0.2, 0.25) is 11.7 Å². The molecule has 1 amide bonds. The zero-order valence-corrected chi connectivity index (χ0v) is 17.2. The van der Waals surface area contributed by atoms with Crippen molar-refractivity contribution in [1.82, 2.24) is 0 Å². The van der Waals surface area contributed by atoms with Crippen LogP contribution in [-0.2, 0) is 16.0 Å². The molecule has 29 heavy (non-hydrogen) atoms. The van der Waals surface area contributed by atoms with E-state index in [4.69, 9.17) is 18.9 Å². The van der Waals surface area contributed by atoms with Crippen molar-refractivity contribution in [3.05, 3.63) is 42.0 Å². The molecule has 0 unspecified atom stereocenters. The first-order valence-electron chi connectivity index (χ1n) is 9.66. The minimum Gasteiger partial charge on any atom is -0.493 e. The van der Waals surface area contributed by atoms with Crippen LogP contribution < -0.4 is 24.4 Å². The monoisotopic (exact) mass is 400 g/mol. The lowest BCUT2D eigenvalue weighted by Crippen LogP contribution is -2.36. The Bertz CT molecular complexity index is 809. The maximum Gasteiger partial charge on any atom is 0.224 e. The van der Waals surface area contributed by atoms with Crippen LogP contribution in [0.4, 0.5) is 11.4 Å². The van der Waals surface area contributed by atoms with E-state index in [1.165, 1.54) is 0 Å². The number of methoxy groups -OCH3 is 3. The Labute approximate surface area is 171 Å². The average molecular weight is 400 g/mol. The second-order valence-corrected chi connectivity index (χ2v) is 6.70. The fraction of sp³-hybridized carbons (Fsp3) is 0.409. The van der Waals surface area contributed by atoms with Crippen molar-refractivity contribution in [2.45, 2.75) is 12.8 Å². The van der Waals surface area contributed by atoms with Crippen LogP contribution in [0.1, 0.15) is 12.0 Å². The Morgan fingerprint density at radius 2 is 1.69 bits per heavy atom. The first-order valence-corrected chi connectivity index (χ1v) is 9.66. The summed E-state index contributed by atoms with van der Waals surface area (Å²) in [5.74, 6) is 1.67. The number of para-hydroxylation sites is 2. The average Bonchev–Trinajstić information content (AvgIpc) is 2.77. The number of carbonyl (C=O) groups is 1. The van der Waals surface area contributed by atoms with Crippen molar-refractivity contribution in [2.24, 2.45) is 0 Å². The molecule has 0 radical (unpaired) electrons. The molecule has 2 aromatic carbocycles. The molecule has 7 nitrogen and oxygen atoms in total. The van der Waals surface area contributed by atoms with Gasteiger partial charge in [-0.1, -0.05) is 12.1 Å². The fourth-order valence-corrected chi connectivity index (χ4v) is 3.41. The van der Waals surface area contributed by atoms with Gasteiger partial charge in [-0.25, -0.2) is 0 Å². The summed E-state index contributed by atoms with van der Waals surface area (Å²) >= 11 is 0. The number of amides is 1. The lowest BCUT2D eigenvalue weighted by atomic mass is 10.1. The number of aryl methyl sites for hydroxylation is 1. The van der Waals surface area contributed by atoms with Gasteiger partial charge in [0.25, 0.3) is 0 Å². The van der Waals surface area contributed by atoms with Gasteiger partial charge in [-0.3, -0.25) is 4.79 Å². The molecule has 0 aliphatic carbocycles. The molecule has 0 saturated carbocycles. The highest BCUT2D eigenvalue weighted by Crippen LogP contribution is 2.38. The molecular weight excluding hydrogens is 372 g/mol. The number of nitrogens with one attached hydrogen (secondary N) is 1. The van der Waals surface area contributed by atoms with Crippen molar-refractivity contribution >= 4 is 17.3 Å². The molecule has 3 rings (SSSR count). The molecule has 0 aromatic heterocycles. The topological polar surface area (TPSA) is 69.3 Å². The molecule has 1 fully saturated rings. The van der Waals surface area contributed by atoms with Crippen LogP contribution in [0.2, 0.25) is 0 Å². The zero-order valence-electron chi connectivity index (χ0n) is 17.2. The first kappa shape index (κ1) is 20.8. The first-order chi connectivity index (χ1) is 14.2. The molecule has 0 atom stereocenters. The smallest absolute Gasteiger partial charge is 0.224 e. The number of carbonyl (C=O) groups excluding carboxylic acids is 1. The summed E-state index contributed by atoms with van der Waals surface area (Å²) in [5.41, 5.74) is 2.79. The van der Waals surface area contributed by atoms with Gasteiger partial charge in [-0.2, -0.15) is 0 Å². The Balaban J connectivity index is 1.66. The van der Waals surface area contributed by atoms with E-state index in [-0.39, 0.29) is 5.91 Å². The predicted octanol–water partition coefficient (Wildman–Crippen LogP) is 3.12. The minimum absolute atomic E-state index is 0.0422. The van der Waals surface area contributed by atoms with Crippen LogP contribution in [0.25, 0.3) is 0 Å². The van der Waals surface area contributed by atoms with Crippen LogP contribution in [0.5, 0.6) is 17.2 Å². The molecule has 1 N–H and O–H groups in total. The van der Waals surface area contributed by atoms with Crippen LogP contribution >= 0.6 is 0 Å². The van der Waals surface area contributed by atoms with Crippen LogP contribution in [0, 0.1) is 0 Å². The Morgan fingerprint density at radius 3 is 2.31 bits per heavy atom. The Morgan fingerprint density at radius 1 is 1.03 bits per heavy atom. The molecule has 1 aliphatic heterocycles. The summed E-state index contributed by atoms with van der Waals surface area (Å²) in [5, 5.41) is 3.05. The van der Waals surface area contributed by atoms with E-state index < -0.39 is 0 Å². The molecular formula is C22H28N2O5. The zero-order chi connectivity index (χ0) is 20.6. The Kier molecular flexibility index (Phi) is 7.19. The standard InChI is InChI=1S/C22H28N2O5/c1-26-19-14-16(15-20(27-2)22(19)28-3)8-9-21(25)23-17-6-4-5-7-18(17)24-10-12-29-13-11-24/h4-7,14-15H,8-13H2,1-3H3,(H,23,25). The van der Waals surface area contributed by atoms with E-state index >= 15 is 0 Å². The highest BCUT2D eigenvalue weighted by molar-refractivity contribution is 5.94. The third-order valence-electron chi connectivity index (χ3n) is 4.90. The number of hydrogen-bond acceptors (Lipinski definition) is 6. The van der Waals surface area contributed by atoms with Crippen LogP contribution in [-0.4, -0.2) is 53.5 Å². The number of benzene rings is 2. The SMILES string of the molecule is COc1cc(CCC(=O)Nc2ccccc2N2CCOCC2)cc(OC)c1OC. The summed E-state index contributed by atoms with van der Waals surface area (Å²) in [6, 6.07) is 11.6. The quantitative estimate of drug-likeness (QED) is 0.734. The molecule has 1 heterocycles. The molecule has 1 saturated heterocycles. The maximum absolute atomic E-state index is 12.6. The molecule has 0 bridgehead atoms. The van der Waals surface area contributed by atoms with Crippen LogP contribution in [0.3, 0.4) is 0 Å². The number of nitrogens with zero attached hydrogens (tertiary/aromatic N) is 1. The van der Waals surface area contributed by atoms with E-state index in [2.05, 4.69) is 10.2 Å². The largest absolute Gasteiger partial charge is 0.493 e. The van der Waals surface area contributed by atoms with Gasteiger partial charge in [0, 0.05) is 19.5 Å².